The Bertz CT molecular complexity index is 981. The lowest BCUT2D eigenvalue weighted by atomic mass is 10.1. The molecular weight excluding hydrogens is 371 g/mol. The van der Waals surface area contributed by atoms with Crippen LogP contribution in [0.15, 0.2) is 48.5 Å². The van der Waals surface area contributed by atoms with Gasteiger partial charge in [-0.1, -0.05) is 30.3 Å². The van der Waals surface area contributed by atoms with Crippen molar-refractivity contribution in [1.82, 2.24) is 14.8 Å². The van der Waals surface area contributed by atoms with Gasteiger partial charge in [0.05, 0.1) is 12.7 Å². The molecule has 0 N–H and O–H groups in total. The fourth-order valence-corrected chi connectivity index (χ4v) is 3.04. The molecule has 0 aliphatic rings. The number of nitrogens with zero attached hydrogens (tertiary/aromatic N) is 3. The highest BCUT2D eigenvalue weighted by atomic mass is 19.4. The molecule has 0 aliphatic heterocycles. The summed E-state index contributed by atoms with van der Waals surface area (Å²) >= 11 is 0. The van der Waals surface area contributed by atoms with Gasteiger partial charge in [-0.2, -0.15) is 13.2 Å². The van der Waals surface area contributed by atoms with Crippen molar-refractivity contribution in [1.29, 1.82) is 0 Å². The lowest BCUT2D eigenvalue weighted by molar-refractivity contribution is -0.137. The van der Waals surface area contributed by atoms with E-state index in [1.54, 1.807) is 39.1 Å². The molecule has 2 aromatic carbocycles. The molecular formula is C20H20F3N3O2. The second-order valence-electron chi connectivity index (χ2n) is 6.71. The van der Waals surface area contributed by atoms with Gasteiger partial charge in [-0.05, 0) is 32.0 Å². The molecule has 0 aliphatic carbocycles. The molecule has 0 spiro atoms. The van der Waals surface area contributed by atoms with Gasteiger partial charge in [0.15, 0.2) is 28.7 Å². The Kier molecular flexibility index (Phi) is 5.06. The van der Waals surface area contributed by atoms with E-state index in [9.17, 15) is 13.2 Å². The van der Waals surface area contributed by atoms with Crippen molar-refractivity contribution in [3.05, 3.63) is 59.9 Å². The summed E-state index contributed by atoms with van der Waals surface area (Å²) in [4.78, 5) is 0. The summed E-state index contributed by atoms with van der Waals surface area (Å²) < 4.78 is 53.0. The van der Waals surface area contributed by atoms with Crippen LogP contribution in [0, 0.1) is 0 Å². The van der Waals surface area contributed by atoms with E-state index in [0.717, 1.165) is 6.07 Å². The first-order valence-electron chi connectivity index (χ1n) is 8.53. The number of alkyl halides is 3. The van der Waals surface area contributed by atoms with Crippen molar-refractivity contribution in [3.8, 4) is 22.9 Å². The number of hydrogen-bond donors (Lipinski definition) is 0. The van der Waals surface area contributed by atoms with E-state index in [1.807, 2.05) is 6.07 Å². The van der Waals surface area contributed by atoms with E-state index >= 15 is 0 Å². The van der Waals surface area contributed by atoms with Crippen molar-refractivity contribution in [2.75, 3.05) is 7.11 Å². The van der Waals surface area contributed by atoms with E-state index in [1.165, 1.54) is 29.9 Å². The third-order valence-electron chi connectivity index (χ3n) is 4.32. The Morgan fingerprint density at radius 3 is 2.14 bits per heavy atom. The normalized spacial score (nSPS) is 12.1. The van der Waals surface area contributed by atoms with Gasteiger partial charge in [0.2, 0.25) is 0 Å². The molecule has 148 valence electrons. The Hall–Kier alpha value is -3.03. The maximum absolute atomic E-state index is 13.4. The van der Waals surface area contributed by atoms with Crippen LogP contribution in [-0.2, 0) is 18.8 Å². The molecule has 8 heteroatoms. The van der Waals surface area contributed by atoms with E-state index in [4.69, 9.17) is 9.47 Å². The summed E-state index contributed by atoms with van der Waals surface area (Å²) in [5.41, 5.74) is -1.77. The number of methoxy groups -OCH3 is 1. The van der Waals surface area contributed by atoms with Crippen LogP contribution < -0.4 is 9.47 Å². The van der Waals surface area contributed by atoms with Crippen molar-refractivity contribution in [3.63, 3.8) is 0 Å². The largest absolute Gasteiger partial charge is 0.493 e. The van der Waals surface area contributed by atoms with Gasteiger partial charge >= 0.3 is 6.18 Å². The minimum Gasteiger partial charge on any atom is -0.493 e. The zero-order valence-corrected chi connectivity index (χ0v) is 15.9. The van der Waals surface area contributed by atoms with Crippen LogP contribution in [0.3, 0.4) is 0 Å². The van der Waals surface area contributed by atoms with Crippen LogP contribution in [0.5, 0.6) is 11.5 Å². The van der Waals surface area contributed by atoms with E-state index < -0.39 is 17.3 Å². The molecule has 0 saturated heterocycles. The quantitative estimate of drug-likeness (QED) is 0.626. The van der Waals surface area contributed by atoms with Crippen LogP contribution >= 0.6 is 0 Å². The summed E-state index contributed by atoms with van der Waals surface area (Å²) in [5, 5.41) is 8.13. The molecule has 5 nitrogen and oxygen atoms in total. The molecule has 3 aromatic rings. The van der Waals surface area contributed by atoms with Crippen LogP contribution in [0.25, 0.3) is 11.4 Å². The standard InChI is InChI=1S/C20H20F3N3O2/c1-19(2,28-16-12-8-7-11-15(16)27-4)18-25-24-17(26(18)3)13-9-5-6-10-14(13)20(21,22)23/h5-12H,1-4H3. The first-order valence-corrected chi connectivity index (χ1v) is 8.53. The van der Waals surface area contributed by atoms with E-state index in [0.29, 0.717) is 17.3 Å². The Balaban J connectivity index is 2.02. The zero-order valence-electron chi connectivity index (χ0n) is 15.9. The monoisotopic (exact) mass is 391 g/mol. The number of para-hydroxylation sites is 2. The van der Waals surface area contributed by atoms with Crippen LogP contribution in [0.4, 0.5) is 13.2 Å². The first-order chi connectivity index (χ1) is 13.1. The average Bonchev–Trinajstić information content (AvgIpc) is 3.03. The Morgan fingerprint density at radius 2 is 1.50 bits per heavy atom. The average molecular weight is 391 g/mol. The van der Waals surface area contributed by atoms with Gasteiger partial charge in [0, 0.05) is 12.6 Å². The topological polar surface area (TPSA) is 49.2 Å². The molecule has 0 fully saturated rings. The summed E-state index contributed by atoms with van der Waals surface area (Å²) in [6.07, 6.45) is -4.49. The summed E-state index contributed by atoms with van der Waals surface area (Å²) in [5.74, 6) is 1.53. The molecule has 0 bridgehead atoms. The number of ether oxygens (including phenoxy) is 2. The number of halogens is 3. The van der Waals surface area contributed by atoms with Crippen molar-refractivity contribution < 1.29 is 22.6 Å². The number of benzene rings is 2. The van der Waals surface area contributed by atoms with E-state index in [2.05, 4.69) is 10.2 Å². The van der Waals surface area contributed by atoms with Gasteiger partial charge in [0.1, 0.15) is 0 Å². The second-order valence-corrected chi connectivity index (χ2v) is 6.71. The molecule has 0 atom stereocenters. The molecule has 1 aromatic heterocycles. The maximum atomic E-state index is 13.4. The minimum atomic E-state index is -4.49. The zero-order chi connectivity index (χ0) is 20.5. The van der Waals surface area contributed by atoms with E-state index in [-0.39, 0.29) is 11.4 Å². The van der Waals surface area contributed by atoms with Gasteiger partial charge in [-0.3, -0.25) is 0 Å². The Morgan fingerprint density at radius 1 is 0.893 bits per heavy atom. The van der Waals surface area contributed by atoms with Crippen LogP contribution in [-0.4, -0.2) is 21.9 Å². The van der Waals surface area contributed by atoms with Gasteiger partial charge in [-0.25, -0.2) is 0 Å². The lowest BCUT2D eigenvalue weighted by Gasteiger charge is -2.26. The smallest absolute Gasteiger partial charge is 0.417 e. The third kappa shape index (κ3) is 3.67. The van der Waals surface area contributed by atoms with Crippen molar-refractivity contribution >= 4 is 0 Å². The summed E-state index contributed by atoms with van der Waals surface area (Å²) in [7, 11) is 3.15. The third-order valence-corrected chi connectivity index (χ3v) is 4.32. The molecule has 0 saturated carbocycles. The minimum absolute atomic E-state index is 0.0376. The molecule has 1 heterocycles. The number of rotatable bonds is 5. The molecule has 28 heavy (non-hydrogen) atoms. The highest BCUT2D eigenvalue weighted by Crippen LogP contribution is 2.38. The second kappa shape index (κ2) is 7.18. The highest BCUT2D eigenvalue weighted by molar-refractivity contribution is 5.61. The highest BCUT2D eigenvalue weighted by Gasteiger charge is 2.36. The SMILES string of the molecule is COc1ccccc1OC(C)(C)c1nnc(-c2ccccc2C(F)(F)F)n1C. The fourth-order valence-electron chi connectivity index (χ4n) is 3.04. The van der Waals surface area contributed by atoms with Gasteiger partial charge in [-0.15, -0.1) is 10.2 Å². The van der Waals surface area contributed by atoms with Gasteiger partial charge in [0.25, 0.3) is 0 Å². The summed E-state index contributed by atoms with van der Waals surface area (Å²) in [6.45, 7) is 3.53. The van der Waals surface area contributed by atoms with Crippen molar-refractivity contribution in [2.45, 2.75) is 25.6 Å². The van der Waals surface area contributed by atoms with Crippen LogP contribution in [0.2, 0.25) is 0 Å². The maximum Gasteiger partial charge on any atom is 0.417 e. The predicted octanol–water partition coefficient (Wildman–Crippen LogP) is 4.82. The van der Waals surface area contributed by atoms with Crippen LogP contribution in [0.1, 0.15) is 25.2 Å². The Labute approximate surface area is 160 Å². The molecule has 0 amide bonds. The van der Waals surface area contributed by atoms with Gasteiger partial charge < -0.3 is 14.0 Å². The number of hydrogen-bond acceptors (Lipinski definition) is 4. The van der Waals surface area contributed by atoms with Crippen molar-refractivity contribution in [2.24, 2.45) is 7.05 Å². The molecule has 0 radical (unpaired) electrons. The number of aromatic nitrogens is 3. The molecule has 0 unspecified atom stereocenters. The summed E-state index contributed by atoms with van der Waals surface area (Å²) in [6, 6.07) is 12.4. The fraction of sp³-hybridized carbons (Fsp3) is 0.300. The molecule has 3 rings (SSSR count). The predicted molar refractivity (Wildman–Crippen MR) is 98.1 cm³/mol. The first kappa shape index (κ1) is 19.7. The lowest BCUT2D eigenvalue weighted by Crippen LogP contribution is -2.29.